The molecule has 1 aliphatic heterocycles. The summed E-state index contributed by atoms with van der Waals surface area (Å²) in [7, 11) is 1.79. The predicted octanol–water partition coefficient (Wildman–Crippen LogP) is 2.68. The molecule has 1 aromatic carbocycles. The average molecular weight is 469 g/mol. The Labute approximate surface area is 172 Å². The van der Waals surface area contributed by atoms with Gasteiger partial charge in [0.25, 0.3) is 0 Å². The van der Waals surface area contributed by atoms with Crippen molar-refractivity contribution < 1.29 is 4.74 Å². The van der Waals surface area contributed by atoms with Gasteiger partial charge in [0.2, 0.25) is 0 Å². The molecule has 2 N–H and O–H groups in total. The first-order valence-corrected chi connectivity index (χ1v) is 8.86. The van der Waals surface area contributed by atoms with Crippen LogP contribution in [0.4, 0.5) is 0 Å². The number of hydrogen-bond acceptors (Lipinski definition) is 3. The quantitative estimate of drug-likeness (QED) is 0.296. The van der Waals surface area contributed by atoms with Crippen molar-refractivity contribution in [2.75, 3.05) is 20.1 Å². The van der Waals surface area contributed by atoms with E-state index in [9.17, 15) is 0 Å². The van der Waals surface area contributed by atoms with Crippen LogP contribution in [0.25, 0.3) is 0 Å². The summed E-state index contributed by atoms with van der Waals surface area (Å²) in [5.41, 5.74) is 3.56. The van der Waals surface area contributed by atoms with Gasteiger partial charge in [-0.15, -0.1) is 24.0 Å². The van der Waals surface area contributed by atoms with Gasteiger partial charge in [-0.25, -0.2) is 0 Å². The van der Waals surface area contributed by atoms with Crippen molar-refractivity contribution in [1.82, 2.24) is 20.4 Å². The van der Waals surface area contributed by atoms with E-state index in [-0.39, 0.29) is 30.1 Å². The minimum atomic E-state index is 0. The van der Waals surface area contributed by atoms with Gasteiger partial charge in [-0.2, -0.15) is 5.10 Å². The first-order chi connectivity index (χ1) is 12.2. The molecular weight excluding hydrogens is 441 g/mol. The number of nitrogens with zero attached hydrogens (tertiary/aromatic N) is 3. The molecule has 0 aliphatic carbocycles. The molecular formula is C19H28IN5O. The number of nitrogens with one attached hydrogen (secondary N) is 2. The molecule has 0 radical (unpaired) electrons. The Bertz CT molecular complexity index is 718. The Morgan fingerprint density at radius 1 is 1.31 bits per heavy atom. The van der Waals surface area contributed by atoms with Gasteiger partial charge in [-0.05, 0) is 38.0 Å². The van der Waals surface area contributed by atoms with Crippen molar-refractivity contribution in [2.45, 2.75) is 39.3 Å². The van der Waals surface area contributed by atoms with Gasteiger partial charge in [0.15, 0.2) is 5.96 Å². The van der Waals surface area contributed by atoms with Crippen LogP contribution in [0.3, 0.4) is 0 Å². The van der Waals surface area contributed by atoms with Crippen molar-refractivity contribution in [3.63, 3.8) is 0 Å². The molecule has 0 saturated heterocycles. The second-order valence-corrected chi connectivity index (χ2v) is 6.44. The third-order valence-electron chi connectivity index (χ3n) is 4.38. The van der Waals surface area contributed by atoms with Gasteiger partial charge in [-0.1, -0.05) is 18.2 Å². The zero-order valence-electron chi connectivity index (χ0n) is 15.7. The van der Waals surface area contributed by atoms with Crippen LogP contribution in [0.5, 0.6) is 5.75 Å². The molecule has 0 amide bonds. The molecule has 3 rings (SSSR count). The standard InChI is InChI=1S/C19H27N5O.HI/c1-14-11-15(2)24(23-14)10-6-9-21-19(20-3)22-13-17-12-16-7-4-5-8-18(16)25-17;/h4-5,7-8,11,17H,6,9-10,12-13H2,1-3H3,(H2,20,21,22);1H. The lowest BCUT2D eigenvalue weighted by Crippen LogP contribution is -2.42. The first-order valence-electron chi connectivity index (χ1n) is 8.86. The molecule has 26 heavy (non-hydrogen) atoms. The maximum atomic E-state index is 5.94. The highest BCUT2D eigenvalue weighted by atomic mass is 127. The number of guanidine groups is 1. The van der Waals surface area contributed by atoms with Crippen LogP contribution < -0.4 is 15.4 Å². The van der Waals surface area contributed by atoms with E-state index in [0.29, 0.717) is 0 Å². The molecule has 0 fully saturated rings. The number of para-hydroxylation sites is 1. The number of halogens is 1. The van der Waals surface area contributed by atoms with Gasteiger partial charge < -0.3 is 15.4 Å². The van der Waals surface area contributed by atoms with Crippen LogP contribution in [0, 0.1) is 13.8 Å². The van der Waals surface area contributed by atoms with Crippen LogP contribution in [0.2, 0.25) is 0 Å². The van der Waals surface area contributed by atoms with Crippen LogP contribution in [-0.2, 0) is 13.0 Å². The summed E-state index contributed by atoms with van der Waals surface area (Å²) in [6.45, 7) is 6.62. The van der Waals surface area contributed by atoms with Crippen molar-refractivity contribution in [2.24, 2.45) is 4.99 Å². The molecule has 142 valence electrons. The number of benzene rings is 1. The molecule has 0 saturated carbocycles. The predicted molar refractivity (Wildman–Crippen MR) is 116 cm³/mol. The van der Waals surface area contributed by atoms with E-state index < -0.39 is 0 Å². The lowest BCUT2D eigenvalue weighted by atomic mass is 10.1. The van der Waals surface area contributed by atoms with Gasteiger partial charge >= 0.3 is 0 Å². The number of hydrogen-bond donors (Lipinski definition) is 2. The van der Waals surface area contributed by atoms with Gasteiger partial charge in [0, 0.05) is 32.3 Å². The maximum Gasteiger partial charge on any atom is 0.191 e. The Balaban J connectivity index is 0.00000243. The molecule has 1 aromatic heterocycles. The third-order valence-corrected chi connectivity index (χ3v) is 4.38. The van der Waals surface area contributed by atoms with E-state index >= 15 is 0 Å². The number of aryl methyl sites for hydroxylation is 3. The fourth-order valence-electron chi connectivity index (χ4n) is 3.14. The molecule has 6 nitrogen and oxygen atoms in total. The van der Waals surface area contributed by atoms with Crippen molar-refractivity contribution in [3.05, 3.63) is 47.3 Å². The Kier molecular flexibility index (Phi) is 7.74. The maximum absolute atomic E-state index is 5.94. The van der Waals surface area contributed by atoms with Crippen LogP contribution >= 0.6 is 24.0 Å². The van der Waals surface area contributed by atoms with E-state index in [1.165, 1.54) is 11.3 Å². The molecule has 1 aliphatic rings. The number of aromatic nitrogens is 2. The minimum Gasteiger partial charge on any atom is -0.488 e. The summed E-state index contributed by atoms with van der Waals surface area (Å²) < 4.78 is 8.00. The number of aliphatic imine (C=N–C) groups is 1. The van der Waals surface area contributed by atoms with Gasteiger partial charge in [-0.3, -0.25) is 9.67 Å². The zero-order chi connectivity index (χ0) is 17.6. The SMILES string of the molecule is CN=C(NCCCn1nc(C)cc1C)NCC1Cc2ccccc2O1.I. The molecule has 0 bridgehead atoms. The first kappa shape index (κ1) is 20.5. The highest BCUT2D eigenvalue weighted by Crippen LogP contribution is 2.27. The fraction of sp³-hybridized carbons (Fsp3) is 0.474. The van der Waals surface area contributed by atoms with E-state index in [0.717, 1.165) is 49.9 Å². The summed E-state index contributed by atoms with van der Waals surface area (Å²) in [6, 6.07) is 10.3. The highest BCUT2D eigenvalue weighted by Gasteiger charge is 2.22. The minimum absolute atomic E-state index is 0. The molecule has 0 spiro atoms. The largest absolute Gasteiger partial charge is 0.488 e. The summed E-state index contributed by atoms with van der Waals surface area (Å²) in [5.74, 6) is 1.81. The molecule has 7 heteroatoms. The van der Waals surface area contributed by atoms with E-state index in [1.54, 1.807) is 7.05 Å². The summed E-state index contributed by atoms with van der Waals surface area (Å²) in [4.78, 5) is 4.28. The normalized spacial score (nSPS) is 15.8. The van der Waals surface area contributed by atoms with E-state index in [1.807, 2.05) is 19.1 Å². The van der Waals surface area contributed by atoms with Crippen molar-refractivity contribution in [3.8, 4) is 5.75 Å². The summed E-state index contributed by atoms with van der Waals surface area (Å²) in [5, 5.41) is 11.2. The second-order valence-electron chi connectivity index (χ2n) is 6.44. The number of fused-ring (bicyclic) bond motifs is 1. The molecule has 2 aromatic rings. The molecule has 1 unspecified atom stereocenters. The Morgan fingerprint density at radius 3 is 2.81 bits per heavy atom. The van der Waals surface area contributed by atoms with Crippen LogP contribution in [-0.4, -0.2) is 42.0 Å². The van der Waals surface area contributed by atoms with Crippen molar-refractivity contribution >= 4 is 29.9 Å². The third kappa shape index (κ3) is 5.36. The van der Waals surface area contributed by atoms with Gasteiger partial charge in [0.1, 0.15) is 11.9 Å². The topological polar surface area (TPSA) is 63.5 Å². The summed E-state index contributed by atoms with van der Waals surface area (Å²) >= 11 is 0. The number of rotatable bonds is 6. The fourth-order valence-corrected chi connectivity index (χ4v) is 3.14. The zero-order valence-corrected chi connectivity index (χ0v) is 18.0. The van der Waals surface area contributed by atoms with Gasteiger partial charge in [0.05, 0.1) is 12.2 Å². The summed E-state index contributed by atoms with van der Waals surface area (Å²) in [6.07, 6.45) is 2.09. The lowest BCUT2D eigenvalue weighted by molar-refractivity contribution is 0.235. The Hall–Kier alpha value is -1.77. The van der Waals surface area contributed by atoms with Crippen molar-refractivity contribution in [1.29, 1.82) is 0 Å². The Morgan fingerprint density at radius 2 is 2.12 bits per heavy atom. The average Bonchev–Trinajstić information content (AvgIpc) is 3.16. The van der Waals surface area contributed by atoms with Crippen LogP contribution in [0.1, 0.15) is 23.4 Å². The second kappa shape index (κ2) is 9.80. The smallest absolute Gasteiger partial charge is 0.191 e. The lowest BCUT2D eigenvalue weighted by Gasteiger charge is -2.15. The molecule has 2 heterocycles. The monoisotopic (exact) mass is 469 g/mol. The van der Waals surface area contributed by atoms with Crippen LogP contribution in [0.15, 0.2) is 35.3 Å². The van der Waals surface area contributed by atoms with E-state index in [4.69, 9.17) is 4.74 Å². The highest BCUT2D eigenvalue weighted by molar-refractivity contribution is 14.0. The van der Waals surface area contributed by atoms with E-state index in [2.05, 4.69) is 50.5 Å². The number of ether oxygens (including phenoxy) is 1. The molecule has 1 atom stereocenters.